The molecule has 20 heavy (non-hydrogen) atoms. The molecular weight excluding hydrogens is 276 g/mol. The Bertz CT molecular complexity index is 512. The summed E-state index contributed by atoms with van der Waals surface area (Å²) in [5, 5.41) is 12.5. The van der Waals surface area contributed by atoms with Crippen molar-refractivity contribution in [3.63, 3.8) is 0 Å². The first kappa shape index (κ1) is 17.1. The Morgan fingerprint density at radius 2 is 1.80 bits per heavy atom. The van der Waals surface area contributed by atoms with Gasteiger partial charge in [-0.1, -0.05) is 26.0 Å². The Kier molecular flexibility index (Phi) is 6.13. The SMILES string of the molecule is CNCC(O)CN(C)S(=O)(=O)c1ccc(C(C)C)cc1. The van der Waals surface area contributed by atoms with Gasteiger partial charge in [-0.05, 0) is 30.7 Å². The molecular formula is C14H24N2O3S. The highest BCUT2D eigenvalue weighted by Gasteiger charge is 2.22. The number of nitrogens with zero attached hydrogens (tertiary/aromatic N) is 1. The third kappa shape index (κ3) is 4.28. The van der Waals surface area contributed by atoms with Crippen LogP contribution in [0.1, 0.15) is 25.3 Å². The average molecular weight is 300 g/mol. The third-order valence-electron chi connectivity index (χ3n) is 3.16. The molecule has 2 N–H and O–H groups in total. The van der Waals surface area contributed by atoms with Crippen LogP contribution in [-0.2, 0) is 10.0 Å². The number of hydrogen-bond acceptors (Lipinski definition) is 4. The molecule has 1 rings (SSSR count). The molecule has 0 radical (unpaired) electrons. The Labute approximate surface area is 121 Å². The lowest BCUT2D eigenvalue weighted by Crippen LogP contribution is -2.38. The minimum Gasteiger partial charge on any atom is -0.390 e. The maximum absolute atomic E-state index is 12.3. The summed E-state index contributed by atoms with van der Waals surface area (Å²) < 4.78 is 25.9. The summed E-state index contributed by atoms with van der Waals surface area (Å²) in [5.74, 6) is 0.363. The number of benzene rings is 1. The minimum atomic E-state index is -3.55. The van der Waals surface area contributed by atoms with Gasteiger partial charge in [0.15, 0.2) is 0 Å². The van der Waals surface area contributed by atoms with Crippen LogP contribution in [0.25, 0.3) is 0 Å². The number of nitrogens with one attached hydrogen (secondary N) is 1. The number of hydrogen-bond donors (Lipinski definition) is 2. The summed E-state index contributed by atoms with van der Waals surface area (Å²) in [7, 11) is -0.362. The molecule has 0 fully saturated rings. The maximum Gasteiger partial charge on any atom is 0.242 e. The molecule has 5 nitrogen and oxygen atoms in total. The van der Waals surface area contributed by atoms with Crippen LogP contribution < -0.4 is 5.32 Å². The lowest BCUT2D eigenvalue weighted by atomic mass is 10.0. The van der Waals surface area contributed by atoms with E-state index in [9.17, 15) is 13.5 Å². The Hall–Kier alpha value is -0.950. The first-order chi connectivity index (χ1) is 9.28. The molecule has 1 aromatic rings. The van der Waals surface area contributed by atoms with E-state index in [1.54, 1.807) is 19.2 Å². The third-order valence-corrected chi connectivity index (χ3v) is 5.00. The van der Waals surface area contributed by atoms with E-state index >= 15 is 0 Å². The first-order valence-electron chi connectivity index (χ1n) is 6.68. The van der Waals surface area contributed by atoms with Crippen molar-refractivity contribution in [1.29, 1.82) is 0 Å². The zero-order valence-corrected chi connectivity index (χ0v) is 13.3. The highest BCUT2D eigenvalue weighted by Crippen LogP contribution is 2.19. The zero-order valence-electron chi connectivity index (χ0n) is 12.5. The molecule has 1 atom stereocenters. The van der Waals surface area contributed by atoms with Crippen molar-refractivity contribution in [3.05, 3.63) is 29.8 Å². The van der Waals surface area contributed by atoms with E-state index < -0.39 is 16.1 Å². The molecule has 0 heterocycles. The molecule has 0 aliphatic rings. The molecule has 1 unspecified atom stereocenters. The van der Waals surface area contributed by atoms with Crippen LogP contribution in [0.3, 0.4) is 0 Å². The van der Waals surface area contributed by atoms with Crippen molar-refractivity contribution in [1.82, 2.24) is 9.62 Å². The van der Waals surface area contributed by atoms with Gasteiger partial charge >= 0.3 is 0 Å². The van der Waals surface area contributed by atoms with Crippen LogP contribution >= 0.6 is 0 Å². The quantitative estimate of drug-likeness (QED) is 0.788. The second-order valence-corrected chi connectivity index (χ2v) is 7.27. The van der Waals surface area contributed by atoms with Gasteiger partial charge in [-0.15, -0.1) is 0 Å². The summed E-state index contributed by atoms with van der Waals surface area (Å²) in [6, 6.07) is 6.89. The van der Waals surface area contributed by atoms with E-state index in [1.165, 1.54) is 11.4 Å². The lowest BCUT2D eigenvalue weighted by molar-refractivity contribution is 0.153. The summed E-state index contributed by atoms with van der Waals surface area (Å²) >= 11 is 0. The Morgan fingerprint density at radius 1 is 1.25 bits per heavy atom. The highest BCUT2D eigenvalue weighted by atomic mass is 32.2. The summed E-state index contributed by atoms with van der Waals surface area (Å²) in [6.07, 6.45) is -0.727. The molecule has 1 aromatic carbocycles. The topological polar surface area (TPSA) is 69.6 Å². The molecule has 0 amide bonds. The van der Waals surface area contributed by atoms with E-state index in [0.29, 0.717) is 12.5 Å². The number of aliphatic hydroxyl groups excluding tert-OH is 1. The predicted octanol–water partition coefficient (Wildman–Crippen LogP) is 1.01. The number of sulfonamides is 1. The monoisotopic (exact) mass is 300 g/mol. The zero-order chi connectivity index (χ0) is 15.3. The fraction of sp³-hybridized carbons (Fsp3) is 0.571. The normalized spacial score (nSPS) is 13.9. The number of likely N-dealkylation sites (N-methyl/N-ethyl adjacent to an activating group) is 2. The Morgan fingerprint density at radius 3 is 2.25 bits per heavy atom. The van der Waals surface area contributed by atoms with Crippen LogP contribution in [0.4, 0.5) is 0 Å². The van der Waals surface area contributed by atoms with Crippen LogP contribution in [0.15, 0.2) is 29.2 Å². The fourth-order valence-electron chi connectivity index (χ4n) is 1.90. The van der Waals surface area contributed by atoms with Crippen molar-refractivity contribution in [3.8, 4) is 0 Å². The molecule has 0 aromatic heterocycles. The van der Waals surface area contributed by atoms with Gasteiger partial charge < -0.3 is 10.4 Å². The largest absolute Gasteiger partial charge is 0.390 e. The van der Waals surface area contributed by atoms with Gasteiger partial charge in [-0.2, -0.15) is 4.31 Å². The molecule has 0 saturated carbocycles. The fourth-order valence-corrected chi connectivity index (χ4v) is 3.11. The molecule has 0 spiro atoms. The smallest absolute Gasteiger partial charge is 0.242 e. The lowest BCUT2D eigenvalue weighted by Gasteiger charge is -2.20. The van der Waals surface area contributed by atoms with Gasteiger partial charge in [0.2, 0.25) is 10.0 Å². The van der Waals surface area contributed by atoms with Crippen molar-refractivity contribution < 1.29 is 13.5 Å². The number of rotatable bonds is 7. The van der Waals surface area contributed by atoms with Gasteiger partial charge in [0.05, 0.1) is 11.0 Å². The molecule has 114 valence electrons. The van der Waals surface area contributed by atoms with E-state index in [2.05, 4.69) is 19.2 Å². The minimum absolute atomic E-state index is 0.0646. The molecule has 6 heteroatoms. The summed E-state index contributed by atoms with van der Waals surface area (Å²) in [4.78, 5) is 0.251. The molecule has 0 bridgehead atoms. The van der Waals surface area contributed by atoms with Crippen molar-refractivity contribution >= 4 is 10.0 Å². The van der Waals surface area contributed by atoms with Crippen molar-refractivity contribution in [2.45, 2.75) is 30.8 Å². The van der Waals surface area contributed by atoms with Crippen LogP contribution in [-0.4, -0.2) is 51.1 Å². The standard InChI is InChI=1S/C14H24N2O3S/c1-11(2)12-5-7-14(8-6-12)20(18,19)16(4)10-13(17)9-15-3/h5-8,11,13,15,17H,9-10H2,1-4H3. The van der Waals surface area contributed by atoms with Gasteiger partial charge in [0.1, 0.15) is 0 Å². The van der Waals surface area contributed by atoms with Crippen molar-refractivity contribution in [2.75, 3.05) is 27.2 Å². The first-order valence-corrected chi connectivity index (χ1v) is 8.12. The maximum atomic E-state index is 12.3. The predicted molar refractivity (Wildman–Crippen MR) is 80.3 cm³/mol. The second kappa shape index (κ2) is 7.17. The summed E-state index contributed by atoms with van der Waals surface area (Å²) in [6.45, 7) is 4.54. The molecule has 0 saturated heterocycles. The highest BCUT2D eigenvalue weighted by molar-refractivity contribution is 7.89. The second-order valence-electron chi connectivity index (χ2n) is 5.22. The molecule has 0 aliphatic carbocycles. The molecule has 0 aliphatic heterocycles. The van der Waals surface area contributed by atoms with Crippen molar-refractivity contribution in [2.24, 2.45) is 0 Å². The van der Waals surface area contributed by atoms with E-state index in [-0.39, 0.29) is 11.4 Å². The number of aliphatic hydroxyl groups is 1. The van der Waals surface area contributed by atoms with E-state index in [4.69, 9.17) is 0 Å². The van der Waals surface area contributed by atoms with E-state index in [1.807, 2.05) is 12.1 Å². The average Bonchev–Trinajstić information content (AvgIpc) is 2.38. The van der Waals surface area contributed by atoms with Crippen LogP contribution in [0.5, 0.6) is 0 Å². The van der Waals surface area contributed by atoms with Gasteiger partial charge in [-0.3, -0.25) is 0 Å². The van der Waals surface area contributed by atoms with Gasteiger partial charge in [0, 0.05) is 20.1 Å². The summed E-state index contributed by atoms with van der Waals surface area (Å²) in [5.41, 5.74) is 1.10. The van der Waals surface area contributed by atoms with E-state index in [0.717, 1.165) is 5.56 Å². The van der Waals surface area contributed by atoms with Gasteiger partial charge in [0.25, 0.3) is 0 Å². The van der Waals surface area contributed by atoms with Gasteiger partial charge in [-0.25, -0.2) is 8.42 Å². The van der Waals surface area contributed by atoms with Crippen LogP contribution in [0.2, 0.25) is 0 Å². The van der Waals surface area contributed by atoms with Crippen LogP contribution in [0, 0.1) is 0 Å². The Balaban J connectivity index is 2.87.